The third-order valence-electron chi connectivity index (χ3n) is 3.01. The van der Waals surface area contributed by atoms with Gasteiger partial charge in [-0.2, -0.15) is 0 Å². The van der Waals surface area contributed by atoms with E-state index in [1.807, 2.05) is 0 Å². The predicted molar refractivity (Wildman–Crippen MR) is 73.3 cm³/mol. The van der Waals surface area contributed by atoms with Crippen LogP contribution in [0.3, 0.4) is 0 Å². The molecule has 2 rings (SSSR count). The maximum atomic E-state index is 14.0. The van der Waals surface area contributed by atoms with Crippen molar-refractivity contribution in [3.05, 3.63) is 57.9 Å². The second kappa shape index (κ2) is 5.02. The van der Waals surface area contributed by atoms with E-state index in [0.29, 0.717) is 22.3 Å². The van der Waals surface area contributed by atoms with E-state index >= 15 is 0 Å². The Balaban J connectivity index is 2.65. The topological polar surface area (TPSA) is 37.3 Å². The van der Waals surface area contributed by atoms with Gasteiger partial charge in [0.15, 0.2) is 0 Å². The molecule has 1 N–H and O–H groups in total. The highest BCUT2D eigenvalue weighted by molar-refractivity contribution is 6.31. The molecule has 0 saturated heterocycles. The SMILES string of the molecule is Cc1cc(-c2cccc(Cl)c2F)cc(C)c1C(=O)O. The molecule has 0 unspecified atom stereocenters. The van der Waals surface area contributed by atoms with Gasteiger partial charge in [0, 0.05) is 5.56 Å². The third-order valence-corrected chi connectivity index (χ3v) is 3.30. The van der Waals surface area contributed by atoms with Gasteiger partial charge in [0.1, 0.15) is 5.82 Å². The van der Waals surface area contributed by atoms with E-state index in [9.17, 15) is 9.18 Å². The van der Waals surface area contributed by atoms with Crippen LogP contribution in [0.2, 0.25) is 5.02 Å². The van der Waals surface area contributed by atoms with Gasteiger partial charge in [-0.3, -0.25) is 0 Å². The Hall–Kier alpha value is -1.87. The van der Waals surface area contributed by atoms with Gasteiger partial charge >= 0.3 is 5.97 Å². The van der Waals surface area contributed by atoms with Crippen molar-refractivity contribution >= 4 is 17.6 Å². The lowest BCUT2D eigenvalue weighted by atomic mass is 9.95. The molecule has 0 radical (unpaired) electrons. The number of aryl methyl sites for hydroxylation is 2. The molecule has 0 aliphatic heterocycles. The first-order chi connectivity index (χ1) is 8.91. The van der Waals surface area contributed by atoms with Gasteiger partial charge in [-0.25, -0.2) is 9.18 Å². The maximum Gasteiger partial charge on any atom is 0.336 e. The van der Waals surface area contributed by atoms with E-state index < -0.39 is 11.8 Å². The fraction of sp³-hybridized carbons (Fsp3) is 0.133. The van der Waals surface area contributed by atoms with Crippen molar-refractivity contribution in [2.45, 2.75) is 13.8 Å². The van der Waals surface area contributed by atoms with E-state index in [2.05, 4.69) is 0 Å². The molecule has 2 aromatic carbocycles. The monoisotopic (exact) mass is 278 g/mol. The second-order valence-corrected chi connectivity index (χ2v) is 4.80. The number of aromatic carboxylic acids is 1. The summed E-state index contributed by atoms with van der Waals surface area (Å²) in [7, 11) is 0. The molecule has 0 aromatic heterocycles. The van der Waals surface area contributed by atoms with E-state index in [0.717, 1.165) is 0 Å². The summed E-state index contributed by atoms with van der Waals surface area (Å²) >= 11 is 5.76. The van der Waals surface area contributed by atoms with E-state index in [1.165, 1.54) is 6.07 Å². The number of hydrogen-bond acceptors (Lipinski definition) is 1. The molecule has 19 heavy (non-hydrogen) atoms. The lowest BCUT2D eigenvalue weighted by Gasteiger charge is -2.10. The first-order valence-electron chi connectivity index (χ1n) is 5.70. The van der Waals surface area contributed by atoms with Crippen molar-refractivity contribution in [3.63, 3.8) is 0 Å². The van der Waals surface area contributed by atoms with Gasteiger partial charge in [-0.1, -0.05) is 35.9 Å². The van der Waals surface area contributed by atoms with Crippen molar-refractivity contribution in [1.29, 1.82) is 0 Å². The quantitative estimate of drug-likeness (QED) is 0.880. The first-order valence-corrected chi connectivity index (χ1v) is 6.08. The van der Waals surface area contributed by atoms with Crippen molar-refractivity contribution in [3.8, 4) is 11.1 Å². The number of rotatable bonds is 2. The van der Waals surface area contributed by atoms with Gasteiger partial charge in [0.25, 0.3) is 0 Å². The van der Waals surface area contributed by atoms with Crippen LogP contribution in [-0.4, -0.2) is 11.1 Å². The van der Waals surface area contributed by atoms with Crippen LogP contribution in [0.4, 0.5) is 4.39 Å². The number of carboxylic acids is 1. The van der Waals surface area contributed by atoms with Crippen LogP contribution in [0.1, 0.15) is 21.5 Å². The maximum absolute atomic E-state index is 14.0. The Morgan fingerprint density at radius 1 is 1.21 bits per heavy atom. The Labute approximate surface area is 115 Å². The van der Waals surface area contributed by atoms with Crippen molar-refractivity contribution in [1.82, 2.24) is 0 Å². The van der Waals surface area contributed by atoms with Crippen LogP contribution in [-0.2, 0) is 0 Å². The van der Waals surface area contributed by atoms with Gasteiger partial charge < -0.3 is 5.11 Å². The second-order valence-electron chi connectivity index (χ2n) is 4.39. The molecule has 0 aliphatic rings. The molecule has 0 amide bonds. The molecule has 0 spiro atoms. The summed E-state index contributed by atoms with van der Waals surface area (Å²) in [5, 5.41) is 9.16. The van der Waals surface area contributed by atoms with Crippen LogP contribution in [0, 0.1) is 19.7 Å². The Kier molecular flexibility index (Phi) is 3.58. The zero-order valence-corrected chi connectivity index (χ0v) is 11.3. The molecule has 0 heterocycles. The number of halogens is 2. The molecule has 0 saturated carbocycles. The summed E-state index contributed by atoms with van der Waals surface area (Å²) in [6.07, 6.45) is 0. The minimum Gasteiger partial charge on any atom is -0.478 e. The highest BCUT2D eigenvalue weighted by Gasteiger charge is 2.15. The van der Waals surface area contributed by atoms with E-state index in [1.54, 1.807) is 38.1 Å². The molecule has 2 nitrogen and oxygen atoms in total. The molecule has 4 heteroatoms. The number of benzene rings is 2. The summed E-state index contributed by atoms with van der Waals surface area (Å²) < 4.78 is 14.0. The van der Waals surface area contributed by atoms with Gasteiger partial charge in [0.05, 0.1) is 10.6 Å². The third kappa shape index (κ3) is 2.47. The fourth-order valence-corrected chi connectivity index (χ4v) is 2.36. The molecule has 0 atom stereocenters. The Bertz CT molecular complexity index is 642. The largest absolute Gasteiger partial charge is 0.478 e. The lowest BCUT2D eigenvalue weighted by Crippen LogP contribution is -2.03. The predicted octanol–water partition coefficient (Wildman–Crippen LogP) is 4.46. The summed E-state index contributed by atoms with van der Waals surface area (Å²) in [4.78, 5) is 11.1. The van der Waals surface area contributed by atoms with Gasteiger partial charge in [-0.05, 0) is 36.6 Å². The molecule has 2 aromatic rings. The van der Waals surface area contributed by atoms with Crippen LogP contribution in [0.15, 0.2) is 30.3 Å². The highest BCUT2D eigenvalue weighted by atomic mass is 35.5. The molecular formula is C15H12ClFO2. The molecular weight excluding hydrogens is 267 g/mol. The van der Waals surface area contributed by atoms with Crippen molar-refractivity contribution in [2.24, 2.45) is 0 Å². The molecule has 0 fully saturated rings. The minimum atomic E-state index is -0.979. The smallest absolute Gasteiger partial charge is 0.336 e. The summed E-state index contributed by atoms with van der Waals surface area (Å²) in [6.45, 7) is 3.39. The highest BCUT2D eigenvalue weighted by Crippen LogP contribution is 2.30. The van der Waals surface area contributed by atoms with Crippen LogP contribution >= 0.6 is 11.6 Å². The number of hydrogen-bond donors (Lipinski definition) is 1. The van der Waals surface area contributed by atoms with Crippen molar-refractivity contribution in [2.75, 3.05) is 0 Å². The Morgan fingerprint density at radius 3 is 2.32 bits per heavy atom. The normalized spacial score (nSPS) is 10.5. The lowest BCUT2D eigenvalue weighted by molar-refractivity contribution is 0.0695. The van der Waals surface area contributed by atoms with E-state index in [4.69, 9.17) is 16.7 Å². The van der Waals surface area contributed by atoms with Crippen LogP contribution in [0.5, 0.6) is 0 Å². The summed E-state index contributed by atoms with van der Waals surface area (Å²) in [6, 6.07) is 8.08. The van der Waals surface area contributed by atoms with Crippen LogP contribution in [0.25, 0.3) is 11.1 Å². The average molecular weight is 279 g/mol. The Morgan fingerprint density at radius 2 is 1.79 bits per heavy atom. The molecule has 98 valence electrons. The van der Waals surface area contributed by atoms with Crippen molar-refractivity contribution < 1.29 is 14.3 Å². The molecule has 0 bridgehead atoms. The van der Waals surface area contributed by atoms with Gasteiger partial charge in [-0.15, -0.1) is 0 Å². The van der Waals surface area contributed by atoms with Gasteiger partial charge in [0.2, 0.25) is 0 Å². The standard InChI is InChI=1S/C15H12ClFO2/c1-8-6-10(7-9(2)13(8)15(18)19)11-4-3-5-12(16)14(11)17/h3-7H,1-2H3,(H,18,19). The average Bonchev–Trinajstić information content (AvgIpc) is 2.31. The summed E-state index contributed by atoms with van der Waals surface area (Å²) in [5.74, 6) is -1.47. The number of carboxylic acid groups (broad SMARTS) is 1. The summed E-state index contributed by atoms with van der Waals surface area (Å²) in [5.41, 5.74) is 2.45. The number of carbonyl (C=O) groups is 1. The molecule has 0 aliphatic carbocycles. The van der Waals surface area contributed by atoms with E-state index in [-0.39, 0.29) is 10.6 Å². The van der Waals surface area contributed by atoms with Crippen LogP contribution < -0.4 is 0 Å². The first kappa shape index (κ1) is 13.6. The fourth-order valence-electron chi connectivity index (χ4n) is 2.18. The zero-order valence-electron chi connectivity index (χ0n) is 10.5. The zero-order chi connectivity index (χ0) is 14.2. The minimum absolute atomic E-state index is 0.0510.